The Hall–Kier alpha value is -3.24. The Balaban J connectivity index is 1.05. The summed E-state index contributed by atoms with van der Waals surface area (Å²) >= 11 is 0. The summed E-state index contributed by atoms with van der Waals surface area (Å²) in [4.78, 5) is 18.6. The molecular formula is C30H33N3O. The Labute approximate surface area is 202 Å². The van der Waals surface area contributed by atoms with Crippen molar-refractivity contribution in [3.8, 4) is 11.1 Å². The number of fused-ring (bicyclic) bond motifs is 3. The molecule has 0 radical (unpaired) electrons. The van der Waals surface area contributed by atoms with Crippen LogP contribution in [0, 0.1) is 5.92 Å². The molecule has 0 unspecified atom stereocenters. The van der Waals surface area contributed by atoms with Gasteiger partial charge in [-0.15, -0.1) is 0 Å². The molecule has 0 bridgehead atoms. The Morgan fingerprint density at radius 2 is 1.65 bits per heavy atom. The van der Waals surface area contributed by atoms with E-state index < -0.39 is 0 Å². The van der Waals surface area contributed by atoms with E-state index in [2.05, 4.69) is 63.7 Å². The molecule has 1 N–H and O–H groups in total. The summed E-state index contributed by atoms with van der Waals surface area (Å²) in [6.07, 6.45) is 11.5. The molecule has 1 aromatic heterocycles. The van der Waals surface area contributed by atoms with Gasteiger partial charge in [0.1, 0.15) is 0 Å². The molecule has 1 amide bonds. The number of hydrogen-bond acceptors (Lipinski definition) is 3. The van der Waals surface area contributed by atoms with E-state index in [1.807, 2.05) is 12.1 Å². The van der Waals surface area contributed by atoms with Crippen molar-refractivity contribution in [2.24, 2.45) is 5.92 Å². The fourth-order valence-electron chi connectivity index (χ4n) is 5.59. The summed E-state index contributed by atoms with van der Waals surface area (Å²) in [5.41, 5.74) is 6.85. The predicted molar refractivity (Wildman–Crippen MR) is 138 cm³/mol. The molecule has 34 heavy (non-hydrogen) atoms. The number of nitrogens with one attached hydrogen (secondary N) is 1. The summed E-state index contributed by atoms with van der Waals surface area (Å²) in [7, 11) is 0. The number of aromatic nitrogens is 1. The van der Waals surface area contributed by atoms with Gasteiger partial charge in [0.15, 0.2) is 0 Å². The lowest BCUT2D eigenvalue weighted by molar-refractivity contribution is -0.116. The van der Waals surface area contributed by atoms with Gasteiger partial charge in [0.05, 0.1) is 0 Å². The number of unbranched alkanes of at least 4 members (excludes halogenated alkanes) is 1. The van der Waals surface area contributed by atoms with Crippen molar-refractivity contribution in [2.75, 3.05) is 26.2 Å². The van der Waals surface area contributed by atoms with E-state index in [1.54, 1.807) is 24.5 Å². The minimum absolute atomic E-state index is 0.0400. The van der Waals surface area contributed by atoms with Gasteiger partial charge >= 0.3 is 0 Å². The van der Waals surface area contributed by atoms with E-state index in [-0.39, 0.29) is 5.91 Å². The van der Waals surface area contributed by atoms with Gasteiger partial charge in [-0.05, 0) is 91.2 Å². The number of carbonyl (C=O) groups is 1. The first-order chi connectivity index (χ1) is 16.8. The topological polar surface area (TPSA) is 45.2 Å². The zero-order valence-electron chi connectivity index (χ0n) is 19.7. The first kappa shape index (κ1) is 22.5. The second-order valence-electron chi connectivity index (χ2n) is 9.45. The van der Waals surface area contributed by atoms with Gasteiger partial charge < -0.3 is 10.2 Å². The molecule has 1 aliphatic heterocycles. The maximum absolute atomic E-state index is 12.0. The van der Waals surface area contributed by atoms with Crippen molar-refractivity contribution < 1.29 is 4.79 Å². The number of benzene rings is 2. The number of amides is 1. The van der Waals surface area contributed by atoms with Crippen LogP contribution in [0.5, 0.6) is 0 Å². The van der Waals surface area contributed by atoms with Gasteiger partial charge in [0.2, 0.25) is 5.91 Å². The van der Waals surface area contributed by atoms with Crippen LogP contribution in [0.4, 0.5) is 0 Å². The maximum atomic E-state index is 12.0. The van der Waals surface area contributed by atoms with Crippen LogP contribution in [0.15, 0.2) is 79.1 Å². The Morgan fingerprint density at radius 3 is 2.32 bits per heavy atom. The van der Waals surface area contributed by atoms with Crippen LogP contribution in [-0.2, 0) is 4.79 Å². The average Bonchev–Trinajstić information content (AvgIpc) is 3.23. The van der Waals surface area contributed by atoms with Crippen LogP contribution in [0.1, 0.15) is 48.3 Å². The quantitative estimate of drug-likeness (QED) is 0.363. The molecule has 2 heterocycles. The van der Waals surface area contributed by atoms with E-state index in [9.17, 15) is 4.79 Å². The summed E-state index contributed by atoms with van der Waals surface area (Å²) in [6, 6.07) is 21.8. The van der Waals surface area contributed by atoms with E-state index in [0.717, 1.165) is 31.5 Å². The minimum Gasteiger partial charge on any atom is -0.353 e. The lowest BCUT2D eigenvalue weighted by atomic mass is 9.78. The first-order valence-corrected chi connectivity index (χ1v) is 12.6. The Morgan fingerprint density at radius 1 is 0.941 bits per heavy atom. The number of nitrogens with zero attached hydrogens (tertiary/aromatic N) is 2. The standard InChI is InChI=1S/C30H33N3O/c34-29(14-13-23-8-7-17-31-22-23)32-18-5-6-19-33-20-15-24(16-21-33)30-27-11-3-1-9-25(27)26-10-2-4-12-28(26)30/h1-4,7-14,17,22,24,30H,5-6,15-16,18-21H2,(H,32,34). The highest BCUT2D eigenvalue weighted by Crippen LogP contribution is 2.50. The third-order valence-electron chi connectivity index (χ3n) is 7.30. The highest BCUT2D eigenvalue weighted by atomic mass is 16.1. The van der Waals surface area contributed by atoms with Crippen LogP contribution >= 0.6 is 0 Å². The average molecular weight is 452 g/mol. The van der Waals surface area contributed by atoms with Crippen molar-refractivity contribution in [1.82, 2.24) is 15.2 Å². The second-order valence-corrected chi connectivity index (χ2v) is 9.45. The normalized spacial score (nSPS) is 16.5. The van der Waals surface area contributed by atoms with Gasteiger partial charge in [0, 0.05) is 30.9 Å². The lowest BCUT2D eigenvalue weighted by Gasteiger charge is -2.35. The number of pyridine rings is 1. The molecule has 4 nitrogen and oxygen atoms in total. The van der Waals surface area contributed by atoms with Gasteiger partial charge in [-0.25, -0.2) is 0 Å². The van der Waals surface area contributed by atoms with Gasteiger partial charge in [-0.2, -0.15) is 0 Å². The smallest absolute Gasteiger partial charge is 0.243 e. The Kier molecular flexibility index (Phi) is 7.16. The number of hydrogen-bond donors (Lipinski definition) is 1. The molecule has 2 aromatic carbocycles. The highest BCUT2D eigenvalue weighted by molar-refractivity contribution is 5.91. The molecule has 174 valence electrons. The molecule has 0 saturated carbocycles. The molecule has 1 fully saturated rings. The molecule has 0 atom stereocenters. The van der Waals surface area contributed by atoms with Crippen molar-refractivity contribution in [3.63, 3.8) is 0 Å². The number of piperidine rings is 1. The molecule has 1 aliphatic carbocycles. The second kappa shape index (κ2) is 10.8. The molecule has 2 aliphatic rings. The molecule has 0 spiro atoms. The lowest BCUT2D eigenvalue weighted by Crippen LogP contribution is -2.36. The van der Waals surface area contributed by atoms with Crippen molar-refractivity contribution >= 4 is 12.0 Å². The van der Waals surface area contributed by atoms with Crippen molar-refractivity contribution in [2.45, 2.75) is 31.6 Å². The SMILES string of the molecule is O=C(C=Cc1cccnc1)NCCCCN1CCC(C2c3ccccc3-c3ccccc32)CC1. The number of carbonyl (C=O) groups excluding carboxylic acids is 1. The monoisotopic (exact) mass is 451 g/mol. The third-order valence-corrected chi connectivity index (χ3v) is 7.30. The van der Waals surface area contributed by atoms with Gasteiger partial charge in [0.25, 0.3) is 0 Å². The van der Waals surface area contributed by atoms with E-state index in [1.165, 1.54) is 48.2 Å². The Bertz CT molecular complexity index is 1090. The largest absolute Gasteiger partial charge is 0.353 e. The van der Waals surface area contributed by atoms with Crippen LogP contribution < -0.4 is 5.32 Å². The van der Waals surface area contributed by atoms with Crippen LogP contribution in [-0.4, -0.2) is 42.0 Å². The summed E-state index contributed by atoms with van der Waals surface area (Å²) < 4.78 is 0. The number of rotatable bonds is 8. The highest BCUT2D eigenvalue weighted by Gasteiger charge is 2.35. The molecule has 3 aromatic rings. The fraction of sp³-hybridized carbons (Fsp3) is 0.333. The van der Waals surface area contributed by atoms with E-state index in [4.69, 9.17) is 0 Å². The molecule has 1 saturated heterocycles. The summed E-state index contributed by atoms with van der Waals surface area (Å²) in [5, 5.41) is 2.99. The fourth-order valence-corrected chi connectivity index (χ4v) is 5.59. The van der Waals surface area contributed by atoms with Gasteiger partial charge in [-0.1, -0.05) is 54.6 Å². The van der Waals surface area contributed by atoms with Crippen molar-refractivity contribution in [3.05, 3.63) is 95.8 Å². The summed E-state index contributed by atoms with van der Waals surface area (Å²) in [6.45, 7) is 4.19. The minimum atomic E-state index is -0.0400. The molecule has 5 rings (SSSR count). The third kappa shape index (κ3) is 5.13. The summed E-state index contributed by atoms with van der Waals surface area (Å²) in [5.74, 6) is 1.22. The maximum Gasteiger partial charge on any atom is 0.243 e. The molecular weight excluding hydrogens is 418 g/mol. The van der Waals surface area contributed by atoms with Crippen LogP contribution in [0.25, 0.3) is 17.2 Å². The first-order valence-electron chi connectivity index (χ1n) is 12.6. The van der Waals surface area contributed by atoms with Crippen LogP contribution in [0.2, 0.25) is 0 Å². The predicted octanol–water partition coefficient (Wildman–Crippen LogP) is 5.52. The number of likely N-dealkylation sites (tertiary alicyclic amines) is 1. The zero-order valence-corrected chi connectivity index (χ0v) is 19.7. The van der Waals surface area contributed by atoms with E-state index >= 15 is 0 Å². The van der Waals surface area contributed by atoms with E-state index in [0.29, 0.717) is 11.8 Å². The molecule has 4 heteroatoms. The zero-order chi connectivity index (χ0) is 23.2. The van der Waals surface area contributed by atoms with Crippen LogP contribution in [0.3, 0.4) is 0 Å². The van der Waals surface area contributed by atoms with Gasteiger partial charge in [-0.3, -0.25) is 9.78 Å². The van der Waals surface area contributed by atoms with Crippen molar-refractivity contribution in [1.29, 1.82) is 0 Å².